The zero-order valence-electron chi connectivity index (χ0n) is 8.38. The van der Waals surface area contributed by atoms with Crippen molar-refractivity contribution in [1.82, 2.24) is 14.8 Å². The zero-order chi connectivity index (χ0) is 10.4. The van der Waals surface area contributed by atoms with Gasteiger partial charge in [0.2, 0.25) is 0 Å². The molecule has 2 aliphatic heterocycles. The summed E-state index contributed by atoms with van der Waals surface area (Å²) in [6, 6.07) is 0.261. The number of hydrogen-bond donors (Lipinski definition) is 0. The van der Waals surface area contributed by atoms with Crippen LogP contribution >= 0.6 is 0 Å². The number of rotatable bonds is 1. The fourth-order valence-electron chi connectivity index (χ4n) is 2.11. The Bertz CT molecular complexity index is 424. The summed E-state index contributed by atoms with van der Waals surface area (Å²) in [6.07, 6.45) is 5.18. The van der Waals surface area contributed by atoms with Gasteiger partial charge in [-0.3, -0.25) is 0 Å². The van der Waals surface area contributed by atoms with Gasteiger partial charge in [0.1, 0.15) is 0 Å². The topological polar surface area (TPSA) is 49.6 Å². The molecule has 2 bridgehead atoms. The van der Waals surface area contributed by atoms with Gasteiger partial charge in [-0.25, -0.2) is 9.78 Å². The first-order chi connectivity index (χ1) is 7.25. The second-order valence-electron chi connectivity index (χ2n) is 3.90. The van der Waals surface area contributed by atoms with Crippen LogP contribution in [0.15, 0.2) is 23.1 Å². The molecule has 15 heavy (non-hydrogen) atoms. The first-order valence-electron chi connectivity index (χ1n) is 4.87. The quantitative estimate of drug-likeness (QED) is 0.681. The van der Waals surface area contributed by atoms with Crippen LogP contribution in [0.5, 0.6) is 0 Å². The van der Waals surface area contributed by atoms with Crippen LogP contribution in [0.25, 0.3) is 5.57 Å². The fraction of sp³-hybridized carbons (Fsp3) is 0.400. The Kier molecular flexibility index (Phi) is 1.62. The lowest BCUT2D eigenvalue weighted by Gasteiger charge is -2.19. The maximum absolute atomic E-state index is 11.7. The fourth-order valence-corrected chi connectivity index (χ4v) is 2.11. The molecule has 3 rings (SSSR count). The standard InChI is InChI=1S/C10H11N3O2/c1-12-8-2-7(9-3-11-6-15-9)4-13(5-8)10(12)14/h2-3,6,8H,4-5H2,1H3. The van der Waals surface area contributed by atoms with E-state index in [-0.39, 0.29) is 12.1 Å². The lowest BCUT2D eigenvalue weighted by molar-refractivity contribution is 0.202. The SMILES string of the molecule is CN1C(=O)N2CC(c3cnco3)=CC1C2. The Balaban J connectivity index is 1.96. The number of amides is 2. The molecule has 1 saturated heterocycles. The van der Waals surface area contributed by atoms with Crippen molar-refractivity contribution in [2.75, 3.05) is 20.1 Å². The average Bonchev–Trinajstić information content (AvgIpc) is 2.84. The highest BCUT2D eigenvalue weighted by molar-refractivity contribution is 5.82. The van der Waals surface area contributed by atoms with Gasteiger partial charge in [0.05, 0.1) is 18.8 Å². The van der Waals surface area contributed by atoms with Crippen LogP contribution in [0.1, 0.15) is 5.76 Å². The lowest BCUT2D eigenvalue weighted by atomic mass is 10.1. The molecule has 3 heterocycles. The third-order valence-corrected chi connectivity index (χ3v) is 2.98. The Labute approximate surface area is 87.0 Å². The summed E-state index contributed by atoms with van der Waals surface area (Å²) in [5.41, 5.74) is 1.04. The Hall–Kier alpha value is -1.78. The molecule has 1 fully saturated rings. The first-order valence-corrected chi connectivity index (χ1v) is 4.87. The summed E-state index contributed by atoms with van der Waals surface area (Å²) < 4.78 is 5.23. The molecule has 1 aromatic heterocycles. The van der Waals surface area contributed by atoms with Crippen molar-refractivity contribution in [3.8, 4) is 0 Å². The molecule has 78 valence electrons. The highest BCUT2D eigenvalue weighted by Crippen LogP contribution is 2.27. The molecule has 5 nitrogen and oxygen atoms in total. The van der Waals surface area contributed by atoms with Gasteiger partial charge in [0.25, 0.3) is 0 Å². The summed E-state index contributed by atoms with van der Waals surface area (Å²) in [7, 11) is 1.83. The second-order valence-corrected chi connectivity index (χ2v) is 3.90. The maximum atomic E-state index is 11.7. The van der Waals surface area contributed by atoms with Crippen molar-refractivity contribution in [2.24, 2.45) is 0 Å². The molecule has 1 atom stereocenters. The Morgan fingerprint density at radius 2 is 2.47 bits per heavy atom. The van der Waals surface area contributed by atoms with E-state index in [0.717, 1.165) is 17.9 Å². The minimum absolute atomic E-state index is 0.0887. The van der Waals surface area contributed by atoms with Crippen molar-refractivity contribution in [3.05, 3.63) is 24.4 Å². The normalized spacial score (nSPS) is 24.7. The van der Waals surface area contributed by atoms with Gasteiger partial charge in [0.15, 0.2) is 12.2 Å². The molecule has 0 spiro atoms. The molecule has 0 saturated carbocycles. The molecule has 1 aromatic rings. The number of fused-ring (bicyclic) bond motifs is 2. The van der Waals surface area contributed by atoms with Crippen molar-refractivity contribution in [3.63, 3.8) is 0 Å². The van der Waals surface area contributed by atoms with Crippen LogP contribution < -0.4 is 0 Å². The number of likely N-dealkylation sites (N-methyl/N-ethyl adjacent to an activating group) is 1. The highest BCUT2D eigenvalue weighted by atomic mass is 16.3. The number of aromatic nitrogens is 1. The molecule has 0 aromatic carbocycles. The van der Waals surface area contributed by atoms with E-state index < -0.39 is 0 Å². The summed E-state index contributed by atoms with van der Waals surface area (Å²) >= 11 is 0. The van der Waals surface area contributed by atoms with Gasteiger partial charge < -0.3 is 14.2 Å². The van der Waals surface area contributed by atoms with E-state index in [0.29, 0.717) is 6.54 Å². The molecule has 1 unspecified atom stereocenters. The average molecular weight is 205 g/mol. The first kappa shape index (κ1) is 8.52. The van der Waals surface area contributed by atoms with Crippen LogP contribution in [-0.4, -0.2) is 47.0 Å². The van der Waals surface area contributed by atoms with Gasteiger partial charge in [-0.1, -0.05) is 6.08 Å². The van der Waals surface area contributed by atoms with Crippen LogP contribution in [0.2, 0.25) is 0 Å². The summed E-state index contributed by atoms with van der Waals surface area (Å²) in [4.78, 5) is 19.1. The Morgan fingerprint density at radius 3 is 3.13 bits per heavy atom. The van der Waals surface area contributed by atoms with Crippen molar-refractivity contribution < 1.29 is 9.21 Å². The van der Waals surface area contributed by atoms with E-state index in [9.17, 15) is 4.79 Å². The van der Waals surface area contributed by atoms with E-state index in [1.165, 1.54) is 6.39 Å². The van der Waals surface area contributed by atoms with E-state index >= 15 is 0 Å². The molecule has 0 N–H and O–H groups in total. The molecule has 2 aliphatic rings. The number of carbonyl (C=O) groups is 1. The van der Waals surface area contributed by atoms with Gasteiger partial charge in [0, 0.05) is 19.2 Å². The monoisotopic (exact) mass is 205 g/mol. The largest absolute Gasteiger partial charge is 0.444 e. The Morgan fingerprint density at radius 1 is 1.60 bits per heavy atom. The zero-order valence-corrected chi connectivity index (χ0v) is 8.38. The summed E-state index contributed by atoms with van der Waals surface area (Å²) in [5, 5.41) is 0. The number of oxazole rings is 1. The maximum Gasteiger partial charge on any atom is 0.320 e. The van der Waals surface area contributed by atoms with Gasteiger partial charge in [-0.15, -0.1) is 0 Å². The van der Waals surface area contributed by atoms with E-state index in [4.69, 9.17) is 4.42 Å². The van der Waals surface area contributed by atoms with Gasteiger partial charge in [-0.05, 0) is 0 Å². The number of nitrogens with zero attached hydrogens (tertiary/aromatic N) is 3. The molecular formula is C10H11N3O2. The van der Waals surface area contributed by atoms with Gasteiger partial charge in [-0.2, -0.15) is 0 Å². The van der Waals surface area contributed by atoms with Crippen LogP contribution in [0.3, 0.4) is 0 Å². The van der Waals surface area contributed by atoms with E-state index in [1.54, 1.807) is 11.1 Å². The van der Waals surface area contributed by atoms with Crippen LogP contribution in [-0.2, 0) is 0 Å². The second kappa shape index (κ2) is 2.85. The predicted octanol–water partition coefficient (Wildman–Crippen LogP) is 0.808. The van der Waals surface area contributed by atoms with E-state index in [1.807, 2.05) is 11.9 Å². The van der Waals surface area contributed by atoms with Crippen molar-refractivity contribution >= 4 is 11.6 Å². The van der Waals surface area contributed by atoms with Crippen molar-refractivity contribution in [1.29, 1.82) is 0 Å². The third-order valence-electron chi connectivity index (χ3n) is 2.98. The van der Waals surface area contributed by atoms with Crippen LogP contribution in [0.4, 0.5) is 4.79 Å². The molecular weight excluding hydrogens is 194 g/mol. The lowest BCUT2D eigenvalue weighted by Crippen LogP contribution is -2.30. The van der Waals surface area contributed by atoms with Gasteiger partial charge >= 0.3 is 6.03 Å². The highest BCUT2D eigenvalue weighted by Gasteiger charge is 2.37. The number of hydrogen-bond acceptors (Lipinski definition) is 3. The number of urea groups is 1. The van der Waals surface area contributed by atoms with Crippen molar-refractivity contribution in [2.45, 2.75) is 6.04 Å². The van der Waals surface area contributed by atoms with Crippen LogP contribution in [0, 0.1) is 0 Å². The summed E-state index contributed by atoms with van der Waals surface area (Å²) in [5.74, 6) is 0.757. The third kappa shape index (κ3) is 1.16. The predicted molar refractivity (Wildman–Crippen MR) is 53.0 cm³/mol. The molecule has 5 heteroatoms. The summed E-state index contributed by atoms with van der Waals surface area (Å²) in [6.45, 7) is 1.40. The minimum Gasteiger partial charge on any atom is -0.444 e. The van der Waals surface area contributed by atoms with E-state index in [2.05, 4.69) is 11.1 Å². The molecule has 0 aliphatic carbocycles. The molecule has 0 radical (unpaired) electrons. The number of carbonyl (C=O) groups excluding carboxylic acids is 1. The smallest absolute Gasteiger partial charge is 0.320 e. The molecule has 2 amide bonds. The minimum atomic E-state index is 0.0887.